The van der Waals surface area contributed by atoms with E-state index in [1.54, 1.807) is 6.92 Å². The van der Waals surface area contributed by atoms with E-state index >= 15 is 0 Å². The average molecular weight is 271 g/mol. The highest BCUT2D eigenvalue weighted by Gasteiger charge is 2.13. The van der Waals surface area contributed by atoms with Gasteiger partial charge in [0.1, 0.15) is 0 Å². The third-order valence-electron chi connectivity index (χ3n) is 3.60. The molecule has 0 bridgehead atoms. The molecule has 0 aromatic heterocycles. The van der Waals surface area contributed by atoms with Gasteiger partial charge in [-0.1, -0.05) is 49.4 Å². The molecule has 0 aliphatic heterocycles. The molecule has 2 aromatic rings. The van der Waals surface area contributed by atoms with Crippen molar-refractivity contribution in [3.8, 4) is 0 Å². The van der Waals surface area contributed by atoms with Gasteiger partial charge in [-0.05, 0) is 29.8 Å². The first-order valence-electron chi connectivity index (χ1n) is 6.95. The topological polar surface area (TPSA) is 40.5 Å². The first-order valence-corrected chi connectivity index (χ1v) is 6.95. The Morgan fingerprint density at radius 2 is 1.90 bits per heavy atom. The summed E-state index contributed by atoms with van der Waals surface area (Å²) < 4.78 is 0. The SMILES string of the molecule is CC(CN(C)CCc1ccc2ccccc2c1)C(=O)O. The maximum atomic E-state index is 10.8. The van der Waals surface area contributed by atoms with Gasteiger partial charge in [-0.25, -0.2) is 0 Å². The normalized spacial score (nSPS) is 12.8. The van der Waals surface area contributed by atoms with Crippen molar-refractivity contribution in [1.29, 1.82) is 0 Å². The van der Waals surface area contributed by atoms with Crippen molar-refractivity contribution >= 4 is 16.7 Å². The lowest BCUT2D eigenvalue weighted by Gasteiger charge is -2.19. The largest absolute Gasteiger partial charge is 0.481 e. The molecular weight excluding hydrogens is 250 g/mol. The van der Waals surface area contributed by atoms with Crippen LogP contribution >= 0.6 is 0 Å². The molecule has 20 heavy (non-hydrogen) atoms. The van der Waals surface area contributed by atoms with E-state index in [0.29, 0.717) is 6.54 Å². The number of benzene rings is 2. The molecule has 0 amide bonds. The van der Waals surface area contributed by atoms with E-state index in [2.05, 4.69) is 35.2 Å². The number of hydrogen-bond donors (Lipinski definition) is 1. The molecule has 0 saturated carbocycles. The maximum absolute atomic E-state index is 10.8. The lowest BCUT2D eigenvalue weighted by atomic mass is 10.0. The standard InChI is InChI=1S/C17H21NO2/c1-13(17(19)20)12-18(2)10-9-14-7-8-15-5-3-4-6-16(15)11-14/h3-8,11,13H,9-10,12H2,1-2H3,(H,19,20). The van der Waals surface area contributed by atoms with Gasteiger partial charge in [0.05, 0.1) is 5.92 Å². The predicted octanol–water partition coefficient (Wildman–Crippen LogP) is 3.03. The highest BCUT2D eigenvalue weighted by molar-refractivity contribution is 5.82. The monoisotopic (exact) mass is 271 g/mol. The number of carboxylic acid groups (broad SMARTS) is 1. The Labute approximate surface area is 119 Å². The van der Waals surface area contributed by atoms with Crippen LogP contribution in [-0.2, 0) is 11.2 Å². The Morgan fingerprint density at radius 3 is 2.60 bits per heavy atom. The molecule has 2 aromatic carbocycles. The van der Waals surface area contributed by atoms with E-state index in [1.165, 1.54) is 16.3 Å². The van der Waals surface area contributed by atoms with Gasteiger partial charge < -0.3 is 10.0 Å². The highest BCUT2D eigenvalue weighted by Crippen LogP contribution is 2.16. The third kappa shape index (κ3) is 3.81. The highest BCUT2D eigenvalue weighted by atomic mass is 16.4. The summed E-state index contributed by atoms with van der Waals surface area (Å²) in [5.41, 5.74) is 1.29. The Bertz CT molecular complexity index is 594. The lowest BCUT2D eigenvalue weighted by molar-refractivity contribution is -0.141. The molecule has 0 aliphatic carbocycles. The van der Waals surface area contributed by atoms with E-state index in [4.69, 9.17) is 5.11 Å². The van der Waals surface area contributed by atoms with Crippen LogP contribution in [0.25, 0.3) is 10.8 Å². The van der Waals surface area contributed by atoms with Gasteiger partial charge in [0.2, 0.25) is 0 Å². The van der Waals surface area contributed by atoms with Gasteiger partial charge in [0, 0.05) is 13.1 Å². The molecule has 106 valence electrons. The van der Waals surface area contributed by atoms with Crippen LogP contribution in [0.1, 0.15) is 12.5 Å². The van der Waals surface area contributed by atoms with E-state index < -0.39 is 5.97 Å². The van der Waals surface area contributed by atoms with Gasteiger partial charge in [-0.3, -0.25) is 4.79 Å². The Hall–Kier alpha value is -1.87. The second-order valence-corrected chi connectivity index (χ2v) is 5.43. The van der Waals surface area contributed by atoms with Gasteiger partial charge in [-0.15, -0.1) is 0 Å². The second kappa shape index (κ2) is 6.53. The van der Waals surface area contributed by atoms with Crippen LogP contribution in [0, 0.1) is 5.92 Å². The van der Waals surface area contributed by atoms with Crippen molar-refractivity contribution in [3.05, 3.63) is 48.0 Å². The zero-order valence-electron chi connectivity index (χ0n) is 12.0. The molecule has 0 radical (unpaired) electrons. The quantitative estimate of drug-likeness (QED) is 0.878. The van der Waals surface area contributed by atoms with Gasteiger partial charge in [0.25, 0.3) is 0 Å². The Kier molecular flexibility index (Phi) is 4.74. The smallest absolute Gasteiger partial charge is 0.307 e. The van der Waals surface area contributed by atoms with E-state index in [9.17, 15) is 4.79 Å². The number of fused-ring (bicyclic) bond motifs is 1. The summed E-state index contributed by atoms with van der Waals surface area (Å²) in [5.74, 6) is -1.06. The van der Waals surface area contributed by atoms with Crippen molar-refractivity contribution in [2.24, 2.45) is 5.92 Å². The van der Waals surface area contributed by atoms with Crippen LogP contribution < -0.4 is 0 Å². The fraction of sp³-hybridized carbons (Fsp3) is 0.353. The van der Waals surface area contributed by atoms with Crippen molar-refractivity contribution in [2.75, 3.05) is 20.1 Å². The summed E-state index contributed by atoms with van der Waals surface area (Å²) in [6.07, 6.45) is 0.938. The fourth-order valence-corrected chi connectivity index (χ4v) is 2.35. The van der Waals surface area contributed by atoms with Gasteiger partial charge in [-0.2, -0.15) is 0 Å². The molecule has 1 N–H and O–H groups in total. The van der Waals surface area contributed by atoms with Crippen LogP contribution in [0.5, 0.6) is 0 Å². The zero-order chi connectivity index (χ0) is 14.5. The summed E-state index contributed by atoms with van der Waals surface area (Å²) >= 11 is 0. The number of hydrogen-bond acceptors (Lipinski definition) is 2. The van der Waals surface area contributed by atoms with E-state index in [1.807, 2.05) is 19.2 Å². The minimum Gasteiger partial charge on any atom is -0.481 e. The van der Waals surface area contributed by atoms with Crippen LogP contribution in [0.15, 0.2) is 42.5 Å². The third-order valence-corrected chi connectivity index (χ3v) is 3.60. The lowest BCUT2D eigenvalue weighted by Crippen LogP contribution is -2.30. The molecule has 1 atom stereocenters. The second-order valence-electron chi connectivity index (χ2n) is 5.43. The minimum absolute atomic E-state index is 0.323. The maximum Gasteiger partial charge on any atom is 0.307 e. The summed E-state index contributed by atoms with van der Waals surface area (Å²) in [5, 5.41) is 11.4. The van der Waals surface area contributed by atoms with Crippen LogP contribution in [0.4, 0.5) is 0 Å². The first-order chi connectivity index (χ1) is 9.56. The average Bonchev–Trinajstić information content (AvgIpc) is 2.44. The molecular formula is C17H21NO2. The molecule has 3 nitrogen and oxygen atoms in total. The van der Waals surface area contributed by atoms with E-state index in [-0.39, 0.29) is 5.92 Å². The number of aliphatic carboxylic acids is 1. The van der Waals surface area contributed by atoms with Gasteiger partial charge >= 0.3 is 5.97 Å². The number of carboxylic acids is 1. The Balaban J connectivity index is 1.93. The van der Waals surface area contributed by atoms with Crippen LogP contribution in [-0.4, -0.2) is 36.1 Å². The molecule has 0 saturated heterocycles. The molecule has 2 rings (SSSR count). The minimum atomic E-state index is -0.734. The molecule has 0 fully saturated rings. The number of carbonyl (C=O) groups is 1. The van der Waals surface area contributed by atoms with Crippen molar-refractivity contribution in [3.63, 3.8) is 0 Å². The van der Waals surface area contributed by atoms with Crippen molar-refractivity contribution in [2.45, 2.75) is 13.3 Å². The number of rotatable bonds is 6. The molecule has 0 heterocycles. The molecule has 0 aliphatic rings. The molecule has 3 heteroatoms. The van der Waals surface area contributed by atoms with Crippen molar-refractivity contribution in [1.82, 2.24) is 4.90 Å². The van der Waals surface area contributed by atoms with E-state index in [0.717, 1.165) is 13.0 Å². The summed E-state index contributed by atoms with van der Waals surface area (Å²) in [6, 6.07) is 14.8. The number of nitrogens with zero attached hydrogens (tertiary/aromatic N) is 1. The summed E-state index contributed by atoms with van der Waals surface area (Å²) in [7, 11) is 1.97. The molecule has 1 unspecified atom stereocenters. The van der Waals surface area contributed by atoms with Gasteiger partial charge in [0.15, 0.2) is 0 Å². The zero-order valence-corrected chi connectivity index (χ0v) is 12.0. The fourth-order valence-electron chi connectivity index (χ4n) is 2.35. The first kappa shape index (κ1) is 14.5. The van der Waals surface area contributed by atoms with Crippen LogP contribution in [0.2, 0.25) is 0 Å². The number of likely N-dealkylation sites (N-methyl/N-ethyl adjacent to an activating group) is 1. The Morgan fingerprint density at radius 1 is 1.20 bits per heavy atom. The predicted molar refractivity (Wildman–Crippen MR) is 81.9 cm³/mol. The summed E-state index contributed by atoms with van der Waals surface area (Å²) in [6.45, 7) is 3.20. The molecule has 0 spiro atoms. The summed E-state index contributed by atoms with van der Waals surface area (Å²) in [4.78, 5) is 12.9. The van der Waals surface area contributed by atoms with Crippen LogP contribution in [0.3, 0.4) is 0 Å². The van der Waals surface area contributed by atoms with Crippen molar-refractivity contribution < 1.29 is 9.90 Å².